The Hall–Kier alpha value is -4.73. The van der Waals surface area contributed by atoms with Gasteiger partial charge < -0.3 is 34.9 Å². The van der Waals surface area contributed by atoms with Crippen molar-refractivity contribution < 1.29 is 28.5 Å². The van der Waals surface area contributed by atoms with Gasteiger partial charge in [0.25, 0.3) is 0 Å². The first-order valence-electron chi connectivity index (χ1n) is 14.6. The first kappa shape index (κ1) is 32.2. The summed E-state index contributed by atoms with van der Waals surface area (Å²) < 4.78 is 22.3. The molecule has 3 N–H and O–H groups in total. The van der Waals surface area contributed by atoms with E-state index in [4.69, 9.17) is 18.9 Å². The van der Waals surface area contributed by atoms with E-state index in [1.54, 1.807) is 58.8 Å². The van der Waals surface area contributed by atoms with Crippen molar-refractivity contribution in [3.05, 3.63) is 69.9 Å². The highest BCUT2D eigenvalue weighted by Crippen LogP contribution is 2.50. The predicted molar refractivity (Wildman–Crippen MR) is 171 cm³/mol. The molecule has 0 fully saturated rings. The van der Waals surface area contributed by atoms with Crippen LogP contribution in [0.4, 0.5) is 11.4 Å². The minimum atomic E-state index is -0.690. The van der Waals surface area contributed by atoms with Crippen molar-refractivity contribution in [3.63, 3.8) is 0 Å². The van der Waals surface area contributed by atoms with Crippen molar-refractivity contribution >= 4 is 23.2 Å². The van der Waals surface area contributed by atoms with Crippen molar-refractivity contribution in [3.8, 4) is 34.1 Å². The van der Waals surface area contributed by atoms with Gasteiger partial charge in [0, 0.05) is 18.2 Å². The number of carbonyl (C=O) groups is 2. The zero-order chi connectivity index (χ0) is 32.0. The van der Waals surface area contributed by atoms with E-state index in [-0.39, 0.29) is 28.8 Å². The zero-order valence-electron chi connectivity index (χ0n) is 26.3. The van der Waals surface area contributed by atoms with Crippen LogP contribution in [0.5, 0.6) is 23.0 Å². The number of anilines is 2. The minimum absolute atomic E-state index is 0.168. The number of aryl methyl sites for hydroxylation is 1. The predicted octanol–water partition coefficient (Wildman–Crippen LogP) is 5.34. The molecule has 3 aromatic carbocycles. The summed E-state index contributed by atoms with van der Waals surface area (Å²) in [6.45, 7) is 5.49. The molecule has 0 bridgehead atoms. The van der Waals surface area contributed by atoms with Crippen LogP contribution in [0.3, 0.4) is 0 Å². The number of ether oxygens (including phenoxy) is 4. The highest BCUT2D eigenvalue weighted by atomic mass is 16.5. The molecule has 234 valence electrons. The van der Waals surface area contributed by atoms with Crippen LogP contribution in [0.1, 0.15) is 50.8 Å². The summed E-state index contributed by atoms with van der Waals surface area (Å²) in [5.74, 6) is 1.79. The number of amides is 2. The number of benzene rings is 2. The van der Waals surface area contributed by atoms with Crippen LogP contribution < -0.4 is 40.3 Å². The van der Waals surface area contributed by atoms with Gasteiger partial charge in [-0.1, -0.05) is 19.9 Å². The standard InChI is InChI=1S/C34H41N3O7/c1-19(2)16-28(34(40)36-22-9-11-23(41-4)12-10-22)37-27-15-13-24-25(18-29(27)39)26(35-20(3)38)14-8-21-17-30(42-5)32(43-6)33(44-7)31(21)24/h9-13,15,17-19,26,28H,8,14,16H2,1-7H3,(H,35,38)(H,36,40)(H,37,39)/t26-,28+/m0/s1. The largest absolute Gasteiger partial charge is 0.497 e. The van der Waals surface area contributed by atoms with Crippen molar-refractivity contribution in [2.24, 2.45) is 5.92 Å². The maximum atomic E-state index is 13.8. The number of carbonyl (C=O) groups excluding carboxylic acids is 2. The Bertz CT molecular complexity index is 1570. The van der Waals surface area contributed by atoms with Crippen molar-refractivity contribution in [1.29, 1.82) is 0 Å². The maximum Gasteiger partial charge on any atom is 0.246 e. The molecule has 0 aliphatic heterocycles. The van der Waals surface area contributed by atoms with Gasteiger partial charge in [0.2, 0.25) is 23.0 Å². The SMILES string of the molecule is COc1ccc(NC(=O)[C@@H](CC(C)C)Nc2ccc3c(cc2=O)[C@@H](NC(C)=O)CCc2cc(OC)c(OC)c(OC)c2-3)cc1. The van der Waals surface area contributed by atoms with Crippen molar-refractivity contribution in [1.82, 2.24) is 5.32 Å². The number of hydrogen-bond donors (Lipinski definition) is 3. The van der Waals surface area contributed by atoms with E-state index in [0.29, 0.717) is 59.1 Å². The summed E-state index contributed by atoms with van der Waals surface area (Å²) in [4.78, 5) is 39.5. The molecule has 1 aliphatic carbocycles. The Morgan fingerprint density at radius 3 is 2.20 bits per heavy atom. The van der Waals surface area contributed by atoms with Gasteiger partial charge in [-0.3, -0.25) is 14.4 Å². The molecular weight excluding hydrogens is 562 g/mol. The molecule has 0 spiro atoms. The smallest absolute Gasteiger partial charge is 0.246 e. The normalized spacial score (nSPS) is 14.3. The fourth-order valence-corrected chi connectivity index (χ4v) is 5.62. The quantitative estimate of drug-likeness (QED) is 0.269. The highest BCUT2D eigenvalue weighted by Gasteiger charge is 2.30. The molecular formula is C34H41N3O7. The van der Waals surface area contributed by atoms with Gasteiger partial charge >= 0.3 is 0 Å². The van der Waals surface area contributed by atoms with E-state index >= 15 is 0 Å². The summed E-state index contributed by atoms with van der Waals surface area (Å²) in [5, 5.41) is 9.17. The maximum absolute atomic E-state index is 13.8. The molecule has 0 heterocycles. The zero-order valence-corrected chi connectivity index (χ0v) is 26.3. The van der Waals surface area contributed by atoms with Gasteiger partial charge in [-0.05, 0) is 84.3 Å². The number of hydrogen-bond acceptors (Lipinski definition) is 8. The van der Waals surface area contributed by atoms with Gasteiger partial charge in [0.05, 0.1) is 40.2 Å². The first-order chi connectivity index (χ1) is 21.1. The third kappa shape index (κ3) is 7.07. The topological polar surface area (TPSA) is 124 Å². The van der Waals surface area contributed by atoms with Gasteiger partial charge in [-0.2, -0.15) is 0 Å². The summed E-state index contributed by atoms with van der Waals surface area (Å²) >= 11 is 0. The van der Waals surface area contributed by atoms with Gasteiger partial charge in [-0.15, -0.1) is 0 Å². The second-order valence-electron chi connectivity index (χ2n) is 11.1. The molecule has 0 unspecified atom stereocenters. The molecule has 44 heavy (non-hydrogen) atoms. The Morgan fingerprint density at radius 1 is 0.909 bits per heavy atom. The van der Waals surface area contributed by atoms with Crippen LogP contribution in [0.15, 0.2) is 53.3 Å². The van der Waals surface area contributed by atoms with Crippen LogP contribution in [0.25, 0.3) is 11.1 Å². The summed E-state index contributed by atoms with van der Waals surface area (Å²) in [6, 6.07) is 12.9. The second kappa shape index (κ2) is 14.2. The fraction of sp³-hybridized carbons (Fsp3) is 0.382. The van der Waals surface area contributed by atoms with Crippen LogP contribution in [-0.2, 0) is 16.0 Å². The van der Waals surface area contributed by atoms with E-state index in [9.17, 15) is 14.4 Å². The molecule has 0 saturated heterocycles. The van der Waals surface area contributed by atoms with Gasteiger partial charge in [-0.25, -0.2) is 0 Å². The molecule has 0 aromatic heterocycles. The number of fused-ring (bicyclic) bond motifs is 3. The van der Waals surface area contributed by atoms with E-state index in [1.165, 1.54) is 13.0 Å². The summed E-state index contributed by atoms with van der Waals surface area (Å²) in [7, 11) is 6.24. The first-order valence-corrected chi connectivity index (χ1v) is 14.6. The lowest BCUT2D eigenvalue weighted by atomic mass is 9.95. The van der Waals surface area contributed by atoms with Crippen molar-refractivity contribution in [2.75, 3.05) is 39.1 Å². The number of rotatable bonds is 11. The molecule has 3 aromatic rings. The molecule has 0 radical (unpaired) electrons. The lowest BCUT2D eigenvalue weighted by Crippen LogP contribution is -2.37. The van der Waals surface area contributed by atoms with Crippen molar-refractivity contribution in [2.45, 2.75) is 52.1 Å². The highest BCUT2D eigenvalue weighted by molar-refractivity contribution is 5.96. The second-order valence-corrected chi connectivity index (χ2v) is 11.1. The average molecular weight is 604 g/mol. The molecule has 10 heteroatoms. The van der Waals surface area contributed by atoms with E-state index in [2.05, 4.69) is 16.0 Å². The molecule has 2 amide bonds. The van der Waals surface area contributed by atoms with Crippen LogP contribution in [0, 0.1) is 5.92 Å². The third-order valence-corrected chi connectivity index (χ3v) is 7.63. The van der Waals surface area contributed by atoms with Crippen LogP contribution in [0.2, 0.25) is 0 Å². The molecule has 10 nitrogen and oxygen atoms in total. The minimum Gasteiger partial charge on any atom is -0.497 e. The lowest BCUT2D eigenvalue weighted by Gasteiger charge is -2.21. The Balaban J connectivity index is 1.82. The average Bonchev–Trinajstić information content (AvgIpc) is 3.24. The fourth-order valence-electron chi connectivity index (χ4n) is 5.62. The van der Waals surface area contributed by atoms with Gasteiger partial charge in [0.1, 0.15) is 11.8 Å². The van der Waals surface area contributed by atoms with E-state index < -0.39 is 12.1 Å². The number of nitrogens with one attached hydrogen (secondary N) is 3. The lowest BCUT2D eigenvalue weighted by molar-refractivity contribution is -0.120. The van der Waals surface area contributed by atoms with Crippen LogP contribution in [-0.4, -0.2) is 46.3 Å². The monoisotopic (exact) mass is 603 g/mol. The summed E-state index contributed by atoms with van der Waals surface area (Å²) in [5.41, 5.74) is 3.61. The molecule has 2 atom stereocenters. The Morgan fingerprint density at radius 2 is 1.61 bits per heavy atom. The number of methoxy groups -OCH3 is 4. The van der Waals surface area contributed by atoms with E-state index in [0.717, 1.165) is 11.1 Å². The third-order valence-electron chi connectivity index (χ3n) is 7.63. The van der Waals surface area contributed by atoms with E-state index in [1.807, 2.05) is 26.0 Å². The Labute approximate surface area is 258 Å². The molecule has 0 saturated carbocycles. The summed E-state index contributed by atoms with van der Waals surface area (Å²) in [6.07, 6.45) is 1.63. The van der Waals surface area contributed by atoms with Gasteiger partial charge in [0.15, 0.2) is 11.5 Å². The Kier molecular flexibility index (Phi) is 10.4. The molecule has 1 aliphatic rings. The molecule has 4 rings (SSSR count). The van der Waals surface area contributed by atoms with Crippen LogP contribution >= 0.6 is 0 Å².